The third-order valence-electron chi connectivity index (χ3n) is 7.36. The molecule has 3 fully saturated rings. The molecule has 0 saturated carbocycles. The average Bonchev–Trinajstić information content (AvgIpc) is 3.24. The molecule has 3 aliphatic rings. The summed E-state index contributed by atoms with van der Waals surface area (Å²) in [4.78, 5) is 33.5. The Bertz CT molecular complexity index is 867. The number of hydrogen-bond donors (Lipinski definition) is 0. The lowest BCUT2D eigenvalue weighted by atomic mass is 9.60. The monoisotopic (exact) mass is 392 g/mol. The molecule has 1 atom stereocenters. The van der Waals surface area contributed by atoms with E-state index in [2.05, 4.69) is 30.8 Å². The second-order valence-corrected chi connectivity index (χ2v) is 8.84. The highest BCUT2D eigenvalue weighted by Gasteiger charge is 2.65. The predicted molar refractivity (Wildman–Crippen MR) is 110 cm³/mol. The number of amides is 1. The van der Waals surface area contributed by atoms with Gasteiger partial charge in [-0.3, -0.25) is 14.7 Å². The van der Waals surface area contributed by atoms with Crippen LogP contribution < -0.4 is 4.90 Å². The van der Waals surface area contributed by atoms with Crippen LogP contribution in [0.15, 0.2) is 42.9 Å². The molecular weight excluding hydrogens is 364 g/mol. The Morgan fingerprint density at radius 2 is 1.69 bits per heavy atom. The number of anilines is 1. The maximum Gasteiger partial charge on any atom is 0.231 e. The maximum atomic E-state index is 13.4. The van der Waals surface area contributed by atoms with E-state index in [1.54, 1.807) is 12.4 Å². The van der Waals surface area contributed by atoms with Crippen LogP contribution in [-0.2, 0) is 11.3 Å². The summed E-state index contributed by atoms with van der Waals surface area (Å²) in [5, 5.41) is 0. The van der Waals surface area contributed by atoms with Crippen LogP contribution >= 0.6 is 0 Å². The van der Waals surface area contributed by atoms with Crippen molar-refractivity contribution in [1.29, 1.82) is 0 Å². The zero-order valence-electron chi connectivity index (χ0n) is 17.0. The van der Waals surface area contributed by atoms with Crippen molar-refractivity contribution in [2.24, 2.45) is 10.8 Å². The molecule has 0 aromatic carbocycles. The molecule has 1 amide bonds. The lowest BCUT2D eigenvalue weighted by molar-refractivity contribution is -0.141. The summed E-state index contributed by atoms with van der Waals surface area (Å²) in [5.74, 6) is 1.07. The molecule has 3 saturated heterocycles. The minimum atomic E-state index is -0.308. The summed E-state index contributed by atoms with van der Waals surface area (Å²) in [7, 11) is 1.95. The van der Waals surface area contributed by atoms with E-state index in [9.17, 15) is 4.79 Å². The Labute approximate surface area is 171 Å². The van der Waals surface area contributed by atoms with Gasteiger partial charge in [0.2, 0.25) is 11.9 Å². The van der Waals surface area contributed by atoms with E-state index >= 15 is 0 Å². The first kappa shape index (κ1) is 18.5. The van der Waals surface area contributed by atoms with Gasteiger partial charge in [0.05, 0.1) is 11.1 Å². The summed E-state index contributed by atoms with van der Waals surface area (Å²) < 4.78 is 0. The van der Waals surface area contributed by atoms with Crippen LogP contribution in [-0.4, -0.2) is 70.4 Å². The number of piperidine rings is 1. The standard InChI is InChI=1S/C22H28N6O/c1-26-12-8-22(19(26)29)17-28(20-24-10-4-11-25-20)16-21(22)6-13-27(14-7-21)15-18-5-2-3-9-23-18/h2-5,9-11H,6-8,12-17H2,1H3/t22-/m0/s1. The van der Waals surface area contributed by atoms with Gasteiger partial charge < -0.3 is 9.80 Å². The van der Waals surface area contributed by atoms with Crippen molar-refractivity contribution in [2.75, 3.05) is 44.7 Å². The highest BCUT2D eigenvalue weighted by atomic mass is 16.2. The van der Waals surface area contributed by atoms with Crippen LogP contribution in [0.3, 0.4) is 0 Å². The largest absolute Gasteiger partial charge is 0.345 e. The highest BCUT2D eigenvalue weighted by Crippen LogP contribution is 2.58. The van der Waals surface area contributed by atoms with Gasteiger partial charge in [0.25, 0.3) is 0 Å². The fourth-order valence-corrected chi connectivity index (χ4v) is 5.73. The first-order valence-corrected chi connectivity index (χ1v) is 10.5. The second kappa shape index (κ2) is 7.06. The lowest BCUT2D eigenvalue weighted by Gasteiger charge is -2.46. The molecule has 7 heteroatoms. The molecule has 0 unspecified atom stereocenters. The first-order valence-electron chi connectivity index (χ1n) is 10.5. The van der Waals surface area contributed by atoms with Gasteiger partial charge in [0.15, 0.2) is 0 Å². The van der Waals surface area contributed by atoms with E-state index in [0.29, 0.717) is 5.91 Å². The van der Waals surface area contributed by atoms with E-state index in [0.717, 1.165) is 70.2 Å². The number of hydrogen-bond acceptors (Lipinski definition) is 6. The van der Waals surface area contributed by atoms with Crippen molar-refractivity contribution < 1.29 is 4.79 Å². The summed E-state index contributed by atoms with van der Waals surface area (Å²) in [6, 6.07) is 7.94. The Hall–Kier alpha value is -2.54. The van der Waals surface area contributed by atoms with Gasteiger partial charge in [-0.1, -0.05) is 6.07 Å². The van der Waals surface area contributed by atoms with Crippen molar-refractivity contribution in [2.45, 2.75) is 25.8 Å². The van der Waals surface area contributed by atoms with Crippen molar-refractivity contribution in [3.05, 3.63) is 48.5 Å². The lowest BCUT2D eigenvalue weighted by Crippen LogP contribution is -2.52. The minimum Gasteiger partial charge on any atom is -0.345 e. The van der Waals surface area contributed by atoms with Crippen LogP contribution in [0.1, 0.15) is 25.0 Å². The van der Waals surface area contributed by atoms with Crippen molar-refractivity contribution in [3.8, 4) is 0 Å². The van der Waals surface area contributed by atoms with Crippen molar-refractivity contribution in [3.63, 3.8) is 0 Å². The molecule has 0 bridgehead atoms. The molecular formula is C22H28N6O. The van der Waals surface area contributed by atoms with Crippen LogP contribution in [0, 0.1) is 10.8 Å². The molecule has 2 spiro atoms. The number of nitrogens with zero attached hydrogens (tertiary/aromatic N) is 6. The van der Waals surface area contributed by atoms with Gasteiger partial charge in [0.1, 0.15) is 0 Å². The average molecular weight is 393 g/mol. The van der Waals surface area contributed by atoms with Crippen molar-refractivity contribution in [1.82, 2.24) is 24.8 Å². The van der Waals surface area contributed by atoms with E-state index in [1.165, 1.54) is 0 Å². The minimum absolute atomic E-state index is 0.00530. The molecule has 0 radical (unpaired) electrons. The zero-order valence-corrected chi connectivity index (χ0v) is 17.0. The molecule has 0 N–H and O–H groups in total. The predicted octanol–water partition coefficient (Wildman–Crippen LogP) is 1.82. The normalized spacial score (nSPS) is 26.7. The number of aromatic nitrogens is 3. The van der Waals surface area contributed by atoms with Gasteiger partial charge >= 0.3 is 0 Å². The summed E-state index contributed by atoms with van der Waals surface area (Å²) in [5.41, 5.74) is 0.799. The fraction of sp³-hybridized carbons (Fsp3) is 0.545. The molecule has 2 aromatic heterocycles. The van der Waals surface area contributed by atoms with Gasteiger partial charge in [-0.15, -0.1) is 0 Å². The van der Waals surface area contributed by atoms with Crippen LogP contribution in [0.2, 0.25) is 0 Å². The SMILES string of the molecule is CN1CC[C@]2(CN(c3ncccn3)CC23CCN(Cc2ccccn2)CC3)C1=O. The maximum absolute atomic E-state index is 13.4. The van der Waals surface area contributed by atoms with Gasteiger partial charge in [-0.2, -0.15) is 0 Å². The molecule has 2 aromatic rings. The second-order valence-electron chi connectivity index (χ2n) is 8.84. The van der Waals surface area contributed by atoms with E-state index in [4.69, 9.17) is 0 Å². The van der Waals surface area contributed by atoms with Gasteiger partial charge in [-0.05, 0) is 50.6 Å². The number of likely N-dealkylation sites (tertiary alicyclic amines) is 2. The van der Waals surface area contributed by atoms with E-state index in [1.807, 2.05) is 36.3 Å². The topological polar surface area (TPSA) is 65.5 Å². The van der Waals surface area contributed by atoms with Gasteiger partial charge in [0, 0.05) is 57.2 Å². The first-order chi connectivity index (χ1) is 14.1. The Balaban J connectivity index is 1.39. The number of carbonyl (C=O) groups is 1. The zero-order chi connectivity index (χ0) is 19.9. The summed E-state index contributed by atoms with van der Waals surface area (Å²) in [6.07, 6.45) is 8.44. The quantitative estimate of drug-likeness (QED) is 0.794. The van der Waals surface area contributed by atoms with Gasteiger partial charge in [-0.25, -0.2) is 9.97 Å². The third kappa shape index (κ3) is 2.99. The molecule has 29 heavy (non-hydrogen) atoms. The molecule has 152 valence electrons. The smallest absolute Gasteiger partial charge is 0.231 e. The molecule has 5 rings (SSSR count). The molecule has 5 heterocycles. The van der Waals surface area contributed by atoms with Crippen LogP contribution in [0.4, 0.5) is 5.95 Å². The fourth-order valence-electron chi connectivity index (χ4n) is 5.73. The summed E-state index contributed by atoms with van der Waals surface area (Å²) >= 11 is 0. The number of carbonyl (C=O) groups excluding carboxylic acids is 1. The van der Waals surface area contributed by atoms with E-state index < -0.39 is 0 Å². The number of fused-ring (bicyclic) bond motifs is 1. The third-order valence-corrected chi connectivity index (χ3v) is 7.36. The molecule has 3 aliphatic heterocycles. The Morgan fingerprint density at radius 3 is 2.34 bits per heavy atom. The molecule has 0 aliphatic carbocycles. The summed E-state index contributed by atoms with van der Waals surface area (Å²) in [6.45, 7) is 5.33. The Morgan fingerprint density at radius 1 is 0.931 bits per heavy atom. The Kier molecular flexibility index (Phi) is 4.50. The number of rotatable bonds is 3. The number of pyridine rings is 1. The highest BCUT2D eigenvalue weighted by molar-refractivity contribution is 5.87. The van der Waals surface area contributed by atoms with Crippen LogP contribution in [0.25, 0.3) is 0 Å². The molecule has 7 nitrogen and oxygen atoms in total. The van der Waals surface area contributed by atoms with Crippen LogP contribution in [0.5, 0.6) is 0 Å². The van der Waals surface area contributed by atoms with Crippen molar-refractivity contribution >= 4 is 11.9 Å². The van der Waals surface area contributed by atoms with E-state index in [-0.39, 0.29) is 10.8 Å².